The number of carbonyl (C=O) groups is 1. The lowest BCUT2D eigenvalue weighted by atomic mass is 9.88. The van der Waals surface area contributed by atoms with Crippen molar-refractivity contribution < 1.29 is 14.6 Å². The van der Waals surface area contributed by atoms with Gasteiger partial charge in [-0.05, 0) is 18.3 Å². The van der Waals surface area contributed by atoms with Crippen LogP contribution in [-0.4, -0.2) is 37.4 Å². The molecule has 1 atom stereocenters. The standard InChI is InChI=1S/C12H25NO3/c1-12(2,3)8-10(9-14)13-11(15)6-5-7-16-4/h10,14H,5-9H2,1-4H3,(H,13,15). The van der Waals surface area contributed by atoms with Gasteiger partial charge in [0.25, 0.3) is 0 Å². The van der Waals surface area contributed by atoms with Crippen LogP contribution >= 0.6 is 0 Å². The predicted molar refractivity (Wildman–Crippen MR) is 64.2 cm³/mol. The van der Waals surface area contributed by atoms with Crippen LogP contribution in [0.15, 0.2) is 0 Å². The van der Waals surface area contributed by atoms with Gasteiger partial charge in [-0.3, -0.25) is 4.79 Å². The molecule has 0 radical (unpaired) electrons. The van der Waals surface area contributed by atoms with E-state index in [1.807, 2.05) is 0 Å². The van der Waals surface area contributed by atoms with E-state index in [9.17, 15) is 9.90 Å². The third kappa shape index (κ3) is 8.68. The largest absolute Gasteiger partial charge is 0.394 e. The van der Waals surface area contributed by atoms with E-state index in [2.05, 4.69) is 26.1 Å². The van der Waals surface area contributed by atoms with E-state index in [1.165, 1.54) is 0 Å². The number of ether oxygens (including phenoxy) is 1. The van der Waals surface area contributed by atoms with E-state index < -0.39 is 0 Å². The van der Waals surface area contributed by atoms with Crippen LogP contribution in [0.1, 0.15) is 40.0 Å². The van der Waals surface area contributed by atoms with Gasteiger partial charge in [-0.25, -0.2) is 0 Å². The fourth-order valence-electron chi connectivity index (χ4n) is 1.58. The average Bonchev–Trinajstić information content (AvgIpc) is 2.15. The van der Waals surface area contributed by atoms with Gasteiger partial charge in [-0.15, -0.1) is 0 Å². The number of amides is 1. The lowest BCUT2D eigenvalue weighted by Crippen LogP contribution is -2.40. The first-order chi connectivity index (χ1) is 7.39. The summed E-state index contributed by atoms with van der Waals surface area (Å²) in [5.74, 6) is -0.0136. The third-order valence-corrected chi connectivity index (χ3v) is 2.20. The fourth-order valence-corrected chi connectivity index (χ4v) is 1.58. The van der Waals surface area contributed by atoms with Crippen molar-refractivity contribution >= 4 is 5.91 Å². The van der Waals surface area contributed by atoms with E-state index in [4.69, 9.17) is 4.74 Å². The normalized spacial score (nSPS) is 13.6. The van der Waals surface area contributed by atoms with Crippen LogP contribution in [0.4, 0.5) is 0 Å². The Balaban J connectivity index is 3.88. The molecule has 0 aromatic rings. The highest BCUT2D eigenvalue weighted by molar-refractivity contribution is 5.76. The van der Waals surface area contributed by atoms with E-state index >= 15 is 0 Å². The van der Waals surface area contributed by atoms with Gasteiger partial charge in [0.1, 0.15) is 0 Å². The van der Waals surface area contributed by atoms with Crippen molar-refractivity contribution in [3.63, 3.8) is 0 Å². The maximum absolute atomic E-state index is 11.5. The first kappa shape index (κ1) is 15.4. The molecule has 4 nitrogen and oxygen atoms in total. The van der Waals surface area contributed by atoms with E-state index in [0.717, 1.165) is 12.8 Å². The lowest BCUT2D eigenvalue weighted by Gasteiger charge is -2.25. The summed E-state index contributed by atoms with van der Waals surface area (Å²) in [7, 11) is 1.62. The molecular weight excluding hydrogens is 206 g/mol. The molecule has 1 amide bonds. The predicted octanol–water partition coefficient (Wildman–Crippen LogP) is 1.33. The molecule has 4 heteroatoms. The van der Waals surface area contributed by atoms with Gasteiger partial charge in [0.05, 0.1) is 12.6 Å². The minimum Gasteiger partial charge on any atom is -0.394 e. The smallest absolute Gasteiger partial charge is 0.220 e. The molecule has 0 saturated carbocycles. The summed E-state index contributed by atoms with van der Waals surface area (Å²) in [4.78, 5) is 11.5. The molecule has 0 saturated heterocycles. The van der Waals surface area contributed by atoms with Gasteiger partial charge in [0.2, 0.25) is 5.91 Å². The maximum atomic E-state index is 11.5. The summed E-state index contributed by atoms with van der Waals surface area (Å²) in [5.41, 5.74) is 0.104. The van der Waals surface area contributed by atoms with Crippen molar-refractivity contribution in [2.45, 2.75) is 46.1 Å². The molecule has 96 valence electrons. The van der Waals surface area contributed by atoms with E-state index in [1.54, 1.807) is 7.11 Å². The van der Waals surface area contributed by atoms with Gasteiger partial charge < -0.3 is 15.2 Å². The second kappa shape index (κ2) is 7.63. The molecule has 0 heterocycles. The molecule has 0 aliphatic heterocycles. The summed E-state index contributed by atoms with van der Waals surface area (Å²) < 4.78 is 4.87. The summed E-state index contributed by atoms with van der Waals surface area (Å²) in [6.45, 7) is 6.86. The van der Waals surface area contributed by atoms with Crippen LogP contribution in [0.3, 0.4) is 0 Å². The van der Waals surface area contributed by atoms with Gasteiger partial charge >= 0.3 is 0 Å². The van der Waals surface area contributed by atoms with Crippen molar-refractivity contribution in [2.24, 2.45) is 5.41 Å². The first-order valence-corrected chi connectivity index (χ1v) is 5.78. The van der Waals surface area contributed by atoms with Crippen LogP contribution < -0.4 is 5.32 Å². The number of carbonyl (C=O) groups excluding carboxylic acids is 1. The lowest BCUT2D eigenvalue weighted by molar-refractivity contribution is -0.122. The monoisotopic (exact) mass is 231 g/mol. The molecule has 0 fully saturated rings. The van der Waals surface area contributed by atoms with E-state index in [-0.39, 0.29) is 24.0 Å². The minimum absolute atomic E-state index is 0.00666. The van der Waals surface area contributed by atoms with Gasteiger partial charge in [-0.1, -0.05) is 20.8 Å². The van der Waals surface area contributed by atoms with Crippen molar-refractivity contribution in [3.05, 3.63) is 0 Å². The fraction of sp³-hybridized carbons (Fsp3) is 0.917. The zero-order valence-electron chi connectivity index (χ0n) is 10.9. The Labute approximate surface area is 98.4 Å². The second-order valence-corrected chi connectivity index (χ2v) is 5.31. The highest BCUT2D eigenvalue weighted by Crippen LogP contribution is 2.20. The molecule has 0 bridgehead atoms. The third-order valence-electron chi connectivity index (χ3n) is 2.20. The summed E-state index contributed by atoms with van der Waals surface area (Å²) >= 11 is 0. The maximum Gasteiger partial charge on any atom is 0.220 e. The number of aliphatic hydroxyl groups excluding tert-OH is 1. The van der Waals surface area contributed by atoms with Gasteiger partial charge in [0.15, 0.2) is 0 Å². The number of aliphatic hydroxyl groups is 1. The highest BCUT2D eigenvalue weighted by Gasteiger charge is 2.19. The topological polar surface area (TPSA) is 58.6 Å². The van der Waals surface area contributed by atoms with Crippen molar-refractivity contribution in [1.29, 1.82) is 0 Å². The SMILES string of the molecule is COCCCC(=O)NC(CO)CC(C)(C)C. The first-order valence-electron chi connectivity index (χ1n) is 5.78. The Kier molecular flexibility index (Phi) is 7.34. The molecule has 1 unspecified atom stereocenters. The zero-order valence-corrected chi connectivity index (χ0v) is 10.9. The van der Waals surface area contributed by atoms with Crippen molar-refractivity contribution in [3.8, 4) is 0 Å². The molecule has 0 aromatic carbocycles. The number of hydrogen-bond donors (Lipinski definition) is 2. The molecule has 0 spiro atoms. The molecule has 16 heavy (non-hydrogen) atoms. The van der Waals surface area contributed by atoms with Crippen LogP contribution in [0.2, 0.25) is 0 Å². The second-order valence-electron chi connectivity index (χ2n) is 5.31. The summed E-state index contributed by atoms with van der Waals surface area (Å²) in [6, 6.07) is -0.143. The molecule has 0 aliphatic carbocycles. The van der Waals surface area contributed by atoms with Crippen LogP contribution in [0, 0.1) is 5.41 Å². The average molecular weight is 231 g/mol. The van der Waals surface area contributed by atoms with E-state index in [0.29, 0.717) is 13.0 Å². The Bertz CT molecular complexity index is 199. The summed E-state index contributed by atoms with van der Waals surface area (Å²) in [6.07, 6.45) is 1.95. The zero-order chi connectivity index (χ0) is 12.6. The quantitative estimate of drug-likeness (QED) is 0.650. The molecule has 2 N–H and O–H groups in total. The summed E-state index contributed by atoms with van der Waals surface area (Å²) in [5, 5.41) is 12.0. The van der Waals surface area contributed by atoms with Crippen LogP contribution in [0.25, 0.3) is 0 Å². The minimum atomic E-state index is -0.143. The van der Waals surface area contributed by atoms with Crippen molar-refractivity contribution in [2.75, 3.05) is 20.3 Å². The number of hydrogen-bond acceptors (Lipinski definition) is 3. The Hall–Kier alpha value is -0.610. The molecule has 0 rings (SSSR count). The van der Waals surface area contributed by atoms with Gasteiger partial charge in [0, 0.05) is 20.1 Å². The molecule has 0 aliphatic rings. The number of methoxy groups -OCH3 is 1. The Morgan fingerprint density at radius 3 is 2.50 bits per heavy atom. The Morgan fingerprint density at radius 1 is 1.44 bits per heavy atom. The molecular formula is C12H25NO3. The number of rotatable bonds is 7. The van der Waals surface area contributed by atoms with Crippen LogP contribution in [0.5, 0.6) is 0 Å². The Morgan fingerprint density at radius 2 is 2.06 bits per heavy atom. The number of nitrogens with one attached hydrogen (secondary N) is 1. The highest BCUT2D eigenvalue weighted by atomic mass is 16.5. The van der Waals surface area contributed by atoms with Crippen LogP contribution in [-0.2, 0) is 9.53 Å². The van der Waals surface area contributed by atoms with Gasteiger partial charge in [-0.2, -0.15) is 0 Å². The molecule has 0 aromatic heterocycles. The van der Waals surface area contributed by atoms with Crippen molar-refractivity contribution in [1.82, 2.24) is 5.32 Å².